The summed E-state index contributed by atoms with van der Waals surface area (Å²) in [7, 11) is 0. The quantitative estimate of drug-likeness (QED) is 0.455. The van der Waals surface area contributed by atoms with Crippen LogP contribution in [0.5, 0.6) is 0 Å². The average molecular weight is 511 g/mol. The summed E-state index contributed by atoms with van der Waals surface area (Å²) in [4.78, 5) is 35.2. The summed E-state index contributed by atoms with van der Waals surface area (Å²) in [6.45, 7) is 3.56. The van der Waals surface area contributed by atoms with Crippen LogP contribution in [0.15, 0.2) is 27.6 Å². The Morgan fingerprint density at radius 1 is 1.14 bits per heavy atom. The van der Waals surface area contributed by atoms with Crippen molar-refractivity contribution in [1.29, 1.82) is 0 Å². The molecule has 2 rings (SSSR count). The first-order valence-electron chi connectivity index (χ1n) is 8.59. The summed E-state index contributed by atoms with van der Waals surface area (Å²) in [5, 5.41) is 0.537. The first-order chi connectivity index (χ1) is 13.6. The summed E-state index contributed by atoms with van der Waals surface area (Å²) in [6.07, 6.45) is -2.72. The predicted octanol–water partition coefficient (Wildman–Crippen LogP) is 2.67. The molecule has 29 heavy (non-hydrogen) atoms. The minimum Gasteiger partial charge on any atom is -0.463 e. The molecule has 0 amide bonds. The van der Waals surface area contributed by atoms with E-state index in [0.29, 0.717) is 9.50 Å². The predicted molar refractivity (Wildman–Crippen MR) is 109 cm³/mol. The number of halogens is 2. The van der Waals surface area contributed by atoms with Crippen LogP contribution in [0, 0.1) is 0 Å². The second kappa shape index (κ2) is 10.6. The topological polar surface area (TPSA) is 114 Å². The highest BCUT2D eigenvalue weighted by Crippen LogP contribution is 2.37. The average Bonchev–Trinajstić information content (AvgIpc) is 2.61. The molecule has 1 aliphatic rings. The zero-order valence-corrected chi connectivity index (χ0v) is 19.1. The van der Waals surface area contributed by atoms with E-state index in [1.807, 2.05) is 0 Å². The van der Waals surface area contributed by atoms with Crippen LogP contribution in [-0.2, 0) is 33.3 Å². The number of ether oxygens (including phenoxy) is 4. The summed E-state index contributed by atoms with van der Waals surface area (Å²) in [6, 6.07) is 4.36. The van der Waals surface area contributed by atoms with Crippen LogP contribution >= 0.6 is 39.3 Å². The fraction of sp³-hybridized carbons (Fsp3) is 0.500. The van der Waals surface area contributed by atoms with Crippen molar-refractivity contribution in [3.63, 3.8) is 0 Å². The molecular weight excluding hydrogens is 490 g/mol. The lowest BCUT2D eigenvalue weighted by Crippen LogP contribution is -2.63. The van der Waals surface area contributed by atoms with Gasteiger partial charge >= 0.3 is 17.9 Å². The fourth-order valence-corrected chi connectivity index (χ4v) is 4.55. The normalized spacial score (nSPS) is 26.5. The molecule has 0 aliphatic carbocycles. The van der Waals surface area contributed by atoms with Crippen molar-refractivity contribution in [1.82, 2.24) is 0 Å². The Morgan fingerprint density at radius 3 is 2.31 bits per heavy atom. The van der Waals surface area contributed by atoms with Gasteiger partial charge in [-0.05, 0) is 34.1 Å². The van der Waals surface area contributed by atoms with Gasteiger partial charge in [-0.1, -0.05) is 23.4 Å². The van der Waals surface area contributed by atoms with Crippen molar-refractivity contribution >= 4 is 57.2 Å². The van der Waals surface area contributed by atoms with Gasteiger partial charge in [-0.15, -0.1) is 0 Å². The molecule has 0 spiro atoms. The molecule has 160 valence electrons. The maximum Gasteiger partial charge on any atom is 0.303 e. The van der Waals surface area contributed by atoms with Gasteiger partial charge in [0, 0.05) is 30.1 Å². The Kier molecular flexibility index (Phi) is 8.77. The van der Waals surface area contributed by atoms with Gasteiger partial charge in [0.2, 0.25) is 0 Å². The lowest BCUT2D eigenvalue weighted by Gasteiger charge is -2.43. The molecule has 5 unspecified atom stereocenters. The van der Waals surface area contributed by atoms with Crippen molar-refractivity contribution in [3.05, 3.63) is 27.7 Å². The molecule has 0 bridgehead atoms. The molecule has 11 heteroatoms. The molecule has 1 aliphatic heterocycles. The standard InChI is InChI=1S/C18H21BrClNO7S/c1-8(22)25-7-14-16(26-9(2)23)15(21)17(27-10(3)24)18(28-14)29-11-4-5-13(20)12(19)6-11/h4-6,14-18H,7,21H2,1-3H3. The SMILES string of the molecule is CC(=O)OCC1OC(Sc2ccc(Cl)c(Br)c2)C(OC(C)=O)C(N)C1OC(C)=O. The number of rotatable bonds is 6. The van der Waals surface area contributed by atoms with Gasteiger partial charge in [0.25, 0.3) is 0 Å². The number of thioether (sulfide) groups is 1. The van der Waals surface area contributed by atoms with Crippen molar-refractivity contribution < 1.29 is 33.3 Å². The van der Waals surface area contributed by atoms with Crippen LogP contribution in [0.3, 0.4) is 0 Å². The van der Waals surface area contributed by atoms with Crippen LogP contribution in [0.2, 0.25) is 5.02 Å². The number of hydrogen-bond donors (Lipinski definition) is 1. The Labute approximate surface area is 185 Å². The van der Waals surface area contributed by atoms with E-state index < -0.39 is 47.7 Å². The number of carbonyl (C=O) groups excluding carboxylic acids is 3. The van der Waals surface area contributed by atoms with Gasteiger partial charge in [-0.3, -0.25) is 14.4 Å². The molecular formula is C18H21BrClNO7S. The van der Waals surface area contributed by atoms with Crippen LogP contribution in [0.1, 0.15) is 20.8 Å². The smallest absolute Gasteiger partial charge is 0.303 e. The largest absolute Gasteiger partial charge is 0.463 e. The fourth-order valence-electron chi connectivity index (χ4n) is 2.73. The van der Waals surface area contributed by atoms with E-state index in [2.05, 4.69) is 15.9 Å². The molecule has 5 atom stereocenters. The zero-order valence-electron chi connectivity index (χ0n) is 15.9. The number of nitrogens with two attached hydrogens (primary N) is 1. The number of hydrogen-bond acceptors (Lipinski definition) is 9. The summed E-state index contributed by atoms with van der Waals surface area (Å²) in [5.74, 6) is -1.66. The highest BCUT2D eigenvalue weighted by molar-refractivity contribution is 9.10. The molecule has 1 aromatic rings. The second-order valence-electron chi connectivity index (χ2n) is 6.26. The number of carbonyl (C=O) groups is 3. The third-order valence-electron chi connectivity index (χ3n) is 3.90. The molecule has 1 aromatic carbocycles. The van der Waals surface area contributed by atoms with Crippen LogP contribution in [0.4, 0.5) is 0 Å². The monoisotopic (exact) mass is 509 g/mol. The van der Waals surface area contributed by atoms with E-state index in [1.54, 1.807) is 18.2 Å². The number of benzene rings is 1. The Bertz CT molecular complexity index is 779. The lowest BCUT2D eigenvalue weighted by molar-refractivity contribution is -0.201. The van der Waals surface area contributed by atoms with Gasteiger partial charge in [0.15, 0.2) is 6.10 Å². The molecule has 8 nitrogen and oxygen atoms in total. The van der Waals surface area contributed by atoms with E-state index >= 15 is 0 Å². The third-order valence-corrected chi connectivity index (χ3v) is 6.25. The van der Waals surface area contributed by atoms with Crippen LogP contribution in [-0.4, -0.2) is 54.3 Å². The van der Waals surface area contributed by atoms with E-state index in [4.69, 9.17) is 36.3 Å². The van der Waals surface area contributed by atoms with Gasteiger partial charge in [0.1, 0.15) is 24.3 Å². The van der Waals surface area contributed by atoms with E-state index in [1.165, 1.54) is 32.5 Å². The van der Waals surface area contributed by atoms with E-state index in [0.717, 1.165) is 4.90 Å². The van der Waals surface area contributed by atoms with Crippen molar-refractivity contribution in [2.75, 3.05) is 6.61 Å². The van der Waals surface area contributed by atoms with E-state index in [9.17, 15) is 14.4 Å². The highest BCUT2D eigenvalue weighted by Gasteiger charge is 2.48. The van der Waals surface area contributed by atoms with Crippen molar-refractivity contribution in [2.24, 2.45) is 5.73 Å². The second-order valence-corrected chi connectivity index (χ2v) is 8.70. The van der Waals surface area contributed by atoms with Crippen molar-refractivity contribution in [3.8, 4) is 0 Å². The maximum atomic E-state index is 11.6. The Hall–Kier alpha value is -1.33. The molecule has 0 radical (unpaired) electrons. The lowest BCUT2D eigenvalue weighted by atomic mass is 9.97. The summed E-state index contributed by atoms with van der Waals surface area (Å²) in [5.41, 5.74) is 5.55. The minimum absolute atomic E-state index is 0.171. The van der Waals surface area contributed by atoms with Crippen molar-refractivity contribution in [2.45, 2.75) is 55.5 Å². The van der Waals surface area contributed by atoms with Gasteiger partial charge in [-0.2, -0.15) is 0 Å². The maximum absolute atomic E-state index is 11.6. The molecule has 1 fully saturated rings. The Morgan fingerprint density at radius 2 is 1.76 bits per heavy atom. The van der Waals surface area contributed by atoms with Crippen LogP contribution in [0.25, 0.3) is 0 Å². The number of esters is 3. The molecule has 2 N–H and O–H groups in total. The molecule has 0 saturated carbocycles. The van der Waals surface area contributed by atoms with Gasteiger partial charge in [-0.25, -0.2) is 0 Å². The highest BCUT2D eigenvalue weighted by atomic mass is 79.9. The van der Waals surface area contributed by atoms with E-state index in [-0.39, 0.29) is 6.61 Å². The summed E-state index contributed by atoms with van der Waals surface area (Å²) < 4.78 is 22.4. The summed E-state index contributed by atoms with van der Waals surface area (Å²) >= 11 is 10.6. The first-order valence-corrected chi connectivity index (χ1v) is 10.6. The van der Waals surface area contributed by atoms with Gasteiger partial charge < -0.3 is 24.7 Å². The first kappa shape index (κ1) is 23.9. The van der Waals surface area contributed by atoms with Crippen LogP contribution < -0.4 is 5.73 Å². The minimum atomic E-state index is -0.968. The Balaban J connectivity index is 2.31. The molecule has 1 heterocycles. The third kappa shape index (κ3) is 6.85. The molecule has 1 saturated heterocycles. The zero-order chi connectivity index (χ0) is 21.7. The van der Waals surface area contributed by atoms with Gasteiger partial charge in [0.05, 0.1) is 11.1 Å². The molecule has 0 aromatic heterocycles.